The van der Waals surface area contributed by atoms with E-state index in [0.29, 0.717) is 6.04 Å². The lowest BCUT2D eigenvalue weighted by molar-refractivity contribution is -0.142. The monoisotopic (exact) mass is 251 g/mol. The Kier molecular flexibility index (Phi) is 4.36. The molecule has 1 aliphatic rings. The number of aryl methyl sites for hydroxylation is 1. The Morgan fingerprint density at radius 3 is 2.83 bits per heavy atom. The molecule has 100 valence electrons. The predicted molar refractivity (Wildman–Crippen MR) is 68.1 cm³/mol. The van der Waals surface area contributed by atoms with Crippen molar-refractivity contribution in [3.05, 3.63) is 18.2 Å². The summed E-state index contributed by atoms with van der Waals surface area (Å²) >= 11 is 0. The molecule has 5 nitrogen and oxygen atoms in total. The van der Waals surface area contributed by atoms with E-state index in [-0.39, 0.29) is 5.92 Å². The summed E-state index contributed by atoms with van der Waals surface area (Å²) in [5, 5.41) is 12.4. The number of aliphatic carboxylic acids is 1. The van der Waals surface area contributed by atoms with Gasteiger partial charge in [0.1, 0.15) is 0 Å². The van der Waals surface area contributed by atoms with Gasteiger partial charge in [0.05, 0.1) is 17.9 Å². The highest BCUT2D eigenvalue weighted by molar-refractivity contribution is 5.70. The molecule has 1 fully saturated rings. The van der Waals surface area contributed by atoms with Gasteiger partial charge in [0.2, 0.25) is 0 Å². The third kappa shape index (κ3) is 3.10. The number of hydrogen-bond donors (Lipinski definition) is 2. The van der Waals surface area contributed by atoms with Crippen molar-refractivity contribution in [3.63, 3.8) is 0 Å². The van der Waals surface area contributed by atoms with Crippen molar-refractivity contribution < 1.29 is 9.90 Å². The van der Waals surface area contributed by atoms with Crippen LogP contribution < -0.4 is 5.32 Å². The van der Waals surface area contributed by atoms with Crippen LogP contribution in [0.5, 0.6) is 0 Å². The molecule has 2 rings (SSSR count). The fourth-order valence-corrected chi connectivity index (χ4v) is 2.57. The van der Waals surface area contributed by atoms with E-state index in [2.05, 4.69) is 21.8 Å². The molecule has 1 saturated carbocycles. The minimum atomic E-state index is -0.641. The predicted octanol–water partition coefficient (Wildman–Crippen LogP) is 1.64. The average molecular weight is 251 g/mol. The van der Waals surface area contributed by atoms with Gasteiger partial charge in [-0.25, -0.2) is 4.98 Å². The average Bonchev–Trinajstić information content (AvgIpc) is 2.84. The van der Waals surface area contributed by atoms with Gasteiger partial charge in [-0.15, -0.1) is 0 Å². The largest absolute Gasteiger partial charge is 0.481 e. The van der Waals surface area contributed by atoms with E-state index in [1.807, 2.05) is 12.5 Å². The van der Waals surface area contributed by atoms with E-state index in [4.69, 9.17) is 5.11 Å². The van der Waals surface area contributed by atoms with Crippen molar-refractivity contribution in [2.24, 2.45) is 5.92 Å². The van der Waals surface area contributed by atoms with Crippen LogP contribution >= 0.6 is 0 Å². The highest BCUT2D eigenvalue weighted by atomic mass is 16.4. The number of nitrogens with one attached hydrogen (secondary N) is 1. The summed E-state index contributed by atoms with van der Waals surface area (Å²) < 4.78 is 2.12. The van der Waals surface area contributed by atoms with E-state index in [1.165, 1.54) is 5.69 Å². The molecule has 1 heterocycles. The van der Waals surface area contributed by atoms with Gasteiger partial charge < -0.3 is 15.0 Å². The zero-order valence-electron chi connectivity index (χ0n) is 10.8. The summed E-state index contributed by atoms with van der Waals surface area (Å²) in [6.45, 7) is 3.85. The lowest BCUT2D eigenvalue weighted by atomic mass is 9.86. The normalized spacial score (nSPS) is 24.1. The molecule has 1 aromatic heterocycles. The second-order valence-corrected chi connectivity index (χ2v) is 4.94. The van der Waals surface area contributed by atoms with E-state index in [1.54, 1.807) is 0 Å². The van der Waals surface area contributed by atoms with Crippen molar-refractivity contribution in [2.45, 2.75) is 51.7 Å². The number of nitrogens with zero attached hydrogens (tertiary/aromatic N) is 2. The van der Waals surface area contributed by atoms with Crippen LogP contribution in [0.25, 0.3) is 0 Å². The summed E-state index contributed by atoms with van der Waals surface area (Å²) in [6.07, 6.45) is 7.23. The quantitative estimate of drug-likeness (QED) is 0.834. The van der Waals surface area contributed by atoms with Gasteiger partial charge in [-0.05, 0) is 32.6 Å². The molecular formula is C13H21N3O2. The topological polar surface area (TPSA) is 67.2 Å². The van der Waals surface area contributed by atoms with Crippen LogP contribution in [0.3, 0.4) is 0 Å². The van der Waals surface area contributed by atoms with Gasteiger partial charge in [0, 0.05) is 25.3 Å². The molecule has 2 N–H and O–H groups in total. The number of carbonyl (C=O) groups is 1. The SMILES string of the molecule is CCn1cncc1CNC1CCC(C(=O)O)CC1. The van der Waals surface area contributed by atoms with E-state index < -0.39 is 5.97 Å². The first-order valence-corrected chi connectivity index (χ1v) is 6.66. The molecule has 0 unspecified atom stereocenters. The van der Waals surface area contributed by atoms with Crippen LogP contribution in [0.2, 0.25) is 0 Å². The number of carboxylic acid groups (broad SMARTS) is 1. The van der Waals surface area contributed by atoms with E-state index >= 15 is 0 Å². The first-order chi connectivity index (χ1) is 8.70. The molecular weight excluding hydrogens is 230 g/mol. The number of hydrogen-bond acceptors (Lipinski definition) is 3. The Morgan fingerprint density at radius 2 is 2.22 bits per heavy atom. The van der Waals surface area contributed by atoms with Gasteiger partial charge in [-0.1, -0.05) is 0 Å². The van der Waals surface area contributed by atoms with Crippen molar-refractivity contribution in [1.29, 1.82) is 0 Å². The van der Waals surface area contributed by atoms with Crippen LogP contribution in [0.1, 0.15) is 38.3 Å². The Bertz CT molecular complexity index is 395. The van der Waals surface area contributed by atoms with Crippen LogP contribution in [0.4, 0.5) is 0 Å². The number of aromatic nitrogens is 2. The summed E-state index contributed by atoms with van der Waals surface area (Å²) in [5.41, 5.74) is 1.19. The Labute approximate surface area is 107 Å². The zero-order chi connectivity index (χ0) is 13.0. The molecule has 0 spiro atoms. The molecule has 1 aliphatic carbocycles. The molecule has 0 saturated heterocycles. The second-order valence-electron chi connectivity index (χ2n) is 4.94. The Balaban J connectivity index is 1.77. The molecule has 0 amide bonds. The number of imidazole rings is 1. The summed E-state index contributed by atoms with van der Waals surface area (Å²) in [5.74, 6) is -0.776. The smallest absolute Gasteiger partial charge is 0.306 e. The lowest BCUT2D eigenvalue weighted by Crippen LogP contribution is -2.34. The van der Waals surface area contributed by atoms with Gasteiger partial charge in [-0.2, -0.15) is 0 Å². The standard InChI is InChI=1S/C13H21N3O2/c1-2-16-9-14-7-12(16)8-15-11-5-3-10(4-6-11)13(17)18/h7,9-11,15H,2-6,8H2,1H3,(H,17,18). The Hall–Kier alpha value is -1.36. The van der Waals surface area contributed by atoms with Crippen molar-refractivity contribution in [1.82, 2.24) is 14.9 Å². The minimum absolute atomic E-state index is 0.135. The zero-order valence-corrected chi connectivity index (χ0v) is 10.8. The molecule has 0 radical (unpaired) electrons. The molecule has 5 heteroatoms. The van der Waals surface area contributed by atoms with Crippen LogP contribution in [0, 0.1) is 5.92 Å². The molecule has 0 aliphatic heterocycles. The maximum Gasteiger partial charge on any atom is 0.306 e. The van der Waals surface area contributed by atoms with Gasteiger partial charge in [0.25, 0.3) is 0 Å². The summed E-state index contributed by atoms with van der Waals surface area (Å²) in [4.78, 5) is 15.0. The van der Waals surface area contributed by atoms with Crippen LogP contribution in [-0.4, -0.2) is 26.7 Å². The van der Waals surface area contributed by atoms with E-state index in [0.717, 1.165) is 38.8 Å². The lowest BCUT2D eigenvalue weighted by Gasteiger charge is -2.27. The first kappa shape index (κ1) is 13.1. The van der Waals surface area contributed by atoms with Gasteiger partial charge in [0.15, 0.2) is 0 Å². The fourth-order valence-electron chi connectivity index (χ4n) is 2.57. The maximum atomic E-state index is 10.9. The van der Waals surface area contributed by atoms with Crippen molar-refractivity contribution in [2.75, 3.05) is 0 Å². The molecule has 0 aromatic carbocycles. The maximum absolute atomic E-state index is 10.9. The van der Waals surface area contributed by atoms with Crippen molar-refractivity contribution >= 4 is 5.97 Å². The van der Waals surface area contributed by atoms with Gasteiger partial charge in [-0.3, -0.25) is 4.79 Å². The fraction of sp³-hybridized carbons (Fsp3) is 0.692. The highest BCUT2D eigenvalue weighted by Gasteiger charge is 2.25. The third-order valence-electron chi connectivity index (χ3n) is 3.79. The highest BCUT2D eigenvalue weighted by Crippen LogP contribution is 2.24. The minimum Gasteiger partial charge on any atom is -0.481 e. The summed E-state index contributed by atoms with van der Waals surface area (Å²) in [6, 6.07) is 0.445. The van der Waals surface area contributed by atoms with E-state index in [9.17, 15) is 4.79 Å². The van der Waals surface area contributed by atoms with Gasteiger partial charge >= 0.3 is 5.97 Å². The molecule has 0 atom stereocenters. The first-order valence-electron chi connectivity index (χ1n) is 6.66. The third-order valence-corrected chi connectivity index (χ3v) is 3.79. The summed E-state index contributed by atoms with van der Waals surface area (Å²) in [7, 11) is 0. The van der Waals surface area contributed by atoms with Crippen LogP contribution in [-0.2, 0) is 17.9 Å². The van der Waals surface area contributed by atoms with Crippen molar-refractivity contribution in [3.8, 4) is 0 Å². The molecule has 0 bridgehead atoms. The van der Waals surface area contributed by atoms with Crippen LogP contribution in [0.15, 0.2) is 12.5 Å². The number of rotatable bonds is 5. The second kappa shape index (κ2) is 6.00. The molecule has 18 heavy (non-hydrogen) atoms. The Morgan fingerprint density at radius 1 is 1.50 bits per heavy atom. The number of carboxylic acids is 1. The molecule has 1 aromatic rings.